The molecule has 0 saturated carbocycles. The summed E-state index contributed by atoms with van der Waals surface area (Å²) in [5, 5.41) is 0.729. The summed E-state index contributed by atoms with van der Waals surface area (Å²) in [6.07, 6.45) is 1.88. The standard InChI is InChI=1S/C15H14ClN/c1-12(13-8-4-3-5-9-13)15(16)14-10-6-7-11-17(14)2/h3-11H,2H2,1H3/b15-12-. The van der Waals surface area contributed by atoms with Gasteiger partial charge in [0.1, 0.15) is 5.69 Å². The molecule has 0 radical (unpaired) electrons. The normalized spacial score (nSPS) is 12.1. The highest BCUT2D eigenvalue weighted by Gasteiger charge is 2.07. The summed E-state index contributed by atoms with van der Waals surface area (Å²) in [5.74, 6) is 0. The summed E-state index contributed by atoms with van der Waals surface area (Å²) < 4.78 is 1.77. The Kier molecular flexibility index (Phi) is 3.50. The molecule has 2 aromatic rings. The van der Waals surface area contributed by atoms with Crippen LogP contribution in [0, 0.1) is 7.05 Å². The van der Waals surface area contributed by atoms with Gasteiger partial charge in [0.15, 0.2) is 0 Å². The van der Waals surface area contributed by atoms with E-state index in [1.165, 1.54) is 0 Å². The van der Waals surface area contributed by atoms with Crippen molar-refractivity contribution in [1.82, 2.24) is 0 Å². The monoisotopic (exact) mass is 243 g/mol. The summed E-state index contributed by atoms with van der Waals surface area (Å²) in [6, 6.07) is 16.0. The van der Waals surface area contributed by atoms with E-state index in [4.69, 9.17) is 11.6 Å². The molecule has 0 fully saturated rings. The molecule has 1 aromatic carbocycles. The Balaban J connectivity index is 2.50. The molecule has 1 aromatic heterocycles. The van der Waals surface area contributed by atoms with Gasteiger partial charge in [0, 0.05) is 7.05 Å². The Morgan fingerprint density at radius 3 is 2.35 bits per heavy atom. The zero-order valence-electron chi connectivity index (χ0n) is 9.73. The Bertz CT molecular complexity index is 544. The number of allylic oxidation sites excluding steroid dienone is 1. The summed E-state index contributed by atoms with van der Waals surface area (Å²) in [4.78, 5) is 0. The lowest BCUT2D eigenvalue weighted by atomic mass is 10.1. The smallest absolute Gasteiger partial charge is 0.123 e. The summed E-state index contributed by atoms with van der Waals surface area (Å²) in [5.41, 5.74) is 3.09. The van der Waals surface area contributed by atoms with Crippen LogP contribution in [-0.4, -0.2) is 0 Å². The molecule has 0 amide bonds. The molecule has 2 heteroatoms. The van der Waals surface area contributed by atoms with Gasteiger partial charge in [-0.15, -0.1) is 0 Å². The van der Waals surface area contributed by atoms with Crippen molar-refractivity contribution in [3.05, 3.63) is 73.0 Å². The molecule has 0 atom stereocenters. The molecule has 0 unspecified atom stereocenters. The van der Waals surface area contributed by atoms with Gasteiger partial charge >= 0.3 is 0 Å². The highest BCUT2D eigenvalue weighted by Crippen LogP contribution is 2.26. The Morgan fingerprint density at radius 2 is 1.71 bits per heavy atom. The minimum Gasteiger partial charge on any atom is -0.332 e. The van der Waals surface area contributed by atoms with Crippen LogP contribution >= 0.6 is 11.6 Å². The fraction of sp³-hybridized carbons (Fsp3) is 0.0667. The Labute approximate surface area is 107 Å². The van der Waals surface area contributed by atoms with Gasteiger partial charge in [-0.3, -0.25) is 0 Å². The fourth-order valence-electron chi connectivity index (χ4n) is 1.68. The van der Waals surface area contributed by atoms with Crippen LogP contribution < -0.4 is 4.57 Å². The molecule has 0 bridgehead atoms. The predicted octanol–water partition coefficient (Wildman–Crippen LogP) is 3.74. The molecule has 0 N–H and O–H groups in total. The van der Waals surface area contributed by atoms with Crippen LogP contribution in [0.25, 0.3) is 10.6 Å². The molecule has 17 heavy (non-hydrogen) atoms. The van der Waals surface area contributed by atoms with E-state index in [1.54, 1.807) is 4.57 Å². The topological polar surface area (TPSA) is 3.88 Å². The van der Waals surface area contributed by atoms with Crippen molar-refractivity contribution in [3.8, 4) is 0 Å². The van der Waals surface area contributed by atoms with Crippen LogP contribution in [0.1, 0.15) is 18.2 Å². The quantitative estimate of drug-likeness (QED) is 0.559. The van der Waals surface area contributed by atoms with Gasteiger partial charge < -0.3 is 4.57 Å². The molecular formula is C15H14ClN. The maximum absolute atomic E-state index is 6.42. The van der Waals surface area contributed by atoms with Crippen LogP contribution in [0.2, 0.25) is 0 Å². The first-order chi connectivity index (χ1) is 8.20. The number of halogens is 1. The van der Waals surface area contributed by atoms with Gasteiger partial charge in [0.2, 0.25) is 0 Å². The van der Waals surface area contributed by atoms with Crippen molar-refractivity contribution in [1.29, 1.82) is 0 Å². The lowest BCUT2D eigenvalue weighted by molar-refractivity contribution is -0.614. The van der Waals surface area contributed by atoms with E-state index in [2.05, 4.69) is 7.05 Å². The van der Waals surface area contributed by atoms with Crippen LogP contribution in [0.5, 0.6) is 0 Å². The van der Waals surface area contributed by atoms with Gasteiger partial charge in [-0.1, -0.05) is 54.1 Å². The number of aromatic nitrogens is 1. The third-order valence-electron chi connectivity index (χ3n) is 2.70. The average Bonchev–Trinajstić information content (AvgIpc) is 2.39. The first kappa shape index (κ1) is 11.7. The zero-order chi connectivity index (χ0) is 12.3. The molecule has 0 aliphatic heterocycles. The predicted molar refractivity (Wildman–Crippen MR) is 72.2 cm³/mol. The number of rotatable bonds is 2. The maximum atomic E-state index is 6.42. The molecule has 1 nitrogen and oxygen atoms in total. The zero-order valence-corrected chi connectivity index (χ0v) is 10.5. The fourth-order valence-corrected chi connectivity index (χ4v) is 1.96. The highest BCUT2D eigenvalue weighted by molar-refractivity contribution is 6.52. The molecule has 0 aliphatic rings. The highest BCUT2D eigenvalue weighted by atomic mass is 35.5. The van der Waals surface area contributed by atoms with E-state index < -0.39 is 0 Å². The summed E-state index contributed by atoms with van der Waals surface area (Å²) >= 11 is 6.42. The number of pyridine rings is 1. The lowest BCUT2D eigenvalue weighted by Gasteiger charge is -2.09. The van der Waals surface area contributed by atoms with Crippen molar-refractivity contribution in [2.24, 2.45) is 0 Å². The third kappa shape index (κ3) is 2.51. The van der Waals surface area contributed by atoms with Gasteiger partial charge in [-0.2, -0.15) is 0 Å². The Hall–Kier alpha value is -1.73. The van der Waals surface area contributed by atoms with Crippen LogP contribution in [0.4, 0.5) is 0 Å². The second-order valence-electron chi connectivity index (χ2n) is 3.86. The first-order valence-electron chi connectivity index (χ1n) is 5.44. The van der Waals surface area contributed by atoms with Crippen molar-refractivity contribution in [3.63, 3.8) is 0 Å². The van der Waals surface area contributed by atoms with Crippen LogP contribution in [0.3, 0.4) is 0 Å². The molecule has 0 spiro atoms. The van der Waals surface area contributed by atoms with E-state index in [1.807, 2.05) is 61.7 Å². The van der Waals surface area contributed by atoms with Crippen molar-refractivity contribution < 1.29 is 4.57 Å². The van der Waals surface area contributed by atoms with Gasteiger partial charge in [-0.25, -0.2) is 0 Å². The second-order valence-corrected chi connectivity index (χ2v) is 4.24. The number of nitrogens with zero attached hydrogens (tertiary/aromatic N) is 1. The van der Waals surface area contributed by atoms with Crippen LogP contribution in [-0.2, 0) is 0 Å². The number of hydrogen-bond donors (Lipinski definition) is 0. The largest absolute Gasteiger partial charge is 0.332 e. The van der Waals surface area contributed by atoms with Crippen LogP contribution in [0.15, 0.2) is 54.7 Å². The molecule has 2 rings (SSSR count). The Morgan fingerprint density at radius 1 is 1.06 bits per heavy atom. The SMILES string of the molecule is [CH2-][n+]1ccccc1/C(Cl)=C(\C)c1ccccc1. The van der Waals surface area contributed by atoms with E-state index in [9.17, 15) is 0 Å². The summed E-state index contributed by atoms with van der Waals surface area (Å²) in [6.45, 7) is 2.02. The molecule has 0 saturated heterocycles. The van der Waals surface area contributed by atoms with E-state index in [0.29, 0.717) is 0 Å². The van der Waals surface area contributed by atoms with Gasteiger partial charge in [0.05, 0.1) is 11.2 Å². The van der Waals surface area contributed by atoms with Crippen molar-refractivity contribution >= 4 is 22.2 Å². The first-order valence-corrected chi connectivity index (χ1v) is 5.81. The lowest BCUT2D eigenvalue weighted by Crippen LogP contribution is -2.29. The van der Waals surface area contributed by atoms with E-state index in [0.717, 1.165) is 21.9 Å². The molecule has 1 heterocycles. The molecule has 0 aliphatic carbocycles. The second kappa shape index (κ2) is 5.07. The average molecular weight is 244 g/mol. The third-order valence-corrected chi connectivity index (χ3v) is 3.18. The minimum absolute atomic E-state index is 0.729. The van der Waals surface area contributed by atoms with Crippen molar-refractivity contribution in [2.45, 2.75) is 6.92 Å². The van der Waals surface area contributed by atoms with E-state index in [-0.39, 0.29) is 0 Å². The minimum atomic E-state index is 0.729. The molecule has 86 valence electrons. The van der Waals surface area contributed by atoms with Gasteiger partial charge in [0.25, 0.3) is 0 Å². The van der Waals surface area contributed by atoms with Crippen molar-refractivity contribution in [2.75, 3.05) is 0 Å². The number of benzene rings is 1. The summed E-state index contributed by atoms with van der Waals surface area (Å²) in [7, 11) is 3.92. The van der Waals surface area contributed by atoms with Gasteiger partial charge in [-0.05, 0) is 24.1 Å². The maximum Gasteiger partial charge on any atom is 0.123 e. The van der Waals surface area contributed by atoms with E-state index >= 15 is 0 Å². The number of hydrogen-bond acceptors (Lipinski definition) is 0. The molecular weight excluding hydrogens is 230 g/mol.